The highest BCUT2D eigenvalue weighted by Crippen LogP contribution is 2.38. The molecule has 1 saturated heterocycles. The number of carbonyl (C=O) groups excluding carboxylic acids is 2. The highest BCUT2D eigenvalue weighted by atomic mass is 32.2. The molecule has 2 unspecified atom stereocenters. The van der Waals surface area contributed by atoms with Gasteiger partial charge in [-0.2, -0.15) is 0 Å². The Kier molecular flexibility index (Phi) is 7.28. The van der Waals surface area contributed by atoms with Gasteiger partial charge in [-0.05, 0) is 12.5 Å². The van der Waals surface area contributed by atoms with E-state index in [0.717, 1.165) is 5.56 Å². The third kappa shape index (κ3) is 5.20. The third-order valence-corrected chi connectivity index (χ3v) is 5.37. The molecule has 2 atom stereocenters. The monoisotopic (exact) mass is 367 g/mol. The second-order valence-electron chi connectivity index (χ2n) is 5.98. The molecule has 2 N–H and O–H groups in total. The van der Waals surface area contributed by atoms with Crippen LogP contribution in [0.4, 0.5) is 0 Å². The van der Waals surface area contributed by atoms with Gasteiger partial charge < -0.3 is 19.8 Å². The first-order chi connectivity index (χ1) is 12.0. The molecule has 0 aromatic heterocycles. The predicted molar refractivity (Wildman–Crippen MR) is 95.8 cm³/mol. The van der Waals surface area contributed by atoms with Gasteiger partial charge in [0.15, 0.2) is 0 Å². The highest BCUT2D eigenvalue weighted by molar-refractivity contribution is 8.00. The second-order valence-corrected chi connectivity index (χ2v) is 7.30. The maximum Gasteiger partial charge on any atom is 0.305 e. The normalized spacial score (nSPS) is 23.1. The van der Waals surface area contributed by atoms with Crippen LogP contribution in [-0.2, 0) is 20.9 Å². The maximum absolute atomic E-state index is 12.7. The topological polar surface area (TPSA) is 87.1 Å². The zero-order valence-corrected chi connectivity index (χ0v) is 15.2. The van der Waals surface area contributed by atoms with Gasteiger partial charge >= 0.3 is 5.97 Å². The number of ether oxygens (including phenoxy) is 1. The van der Waals surface area contributed by atoms with E-state index in [1.807, 2.05) is 30.3 Å². The first kappa shape index (κ1) is 19.8. The summed E-state index contributed by atoms with van der Waals surface area (Å²) < 4.78 is 4.93. The van der Waals surface area contributed by atoms with Crippen LogP contribution in [0.1, 0.15) is 31.7 Å². The van der Waals surface area contributed by atoms with Crippen LogP contribution in [0, 0.1) is 0 Å². The SMILES string of the molecule is CCOC(=O)CCC1(O)CC(SCCO)C(=O)N1Cc1ccccc1. The lowest BCUT2D eigenvalue weighted by Gasteiger charge is -2.33. The van der Waals surface area contributed by atoms with Crippen molar-refractivity contribution in [3.63, 3.8) is 0 Å². The van der Waals surface area contributed by atoms with Gasteiger partial charge in [-0.1, -0.05) is 30.3 Å². The molecule has 2 rings (SSSR count). The number of benzene rings is 1. The number of nitrogens with zero attached hydrogens (tertiary/aromatic N) is 1. The zero-order chi connectivity index (χ0) is 18.3. The van der Waals surface area contributed by atoms with E-state index >= 15 is 0 Å². The fourth-order valence-corrected chi connectivity index (χ4v) is 4.01. The van der Waals surface area contributed by atoms with Crippen molar-refractivity contribution >= 4 is 23.6 Å². The van der Waals surface area contributed by atoms with E-state index in [2.05, 4.69) is 0 Å². The molecular weight excluding hydrogens is 342 g/mol. The number of thioether (sulfide) groups is 1. The largest absolute Gasteiger partial charge is 0.466 e. The molecule has 1 aromatic rings. The molecule has 25 heavy (non-hydrogen) atoms. The number of hydrogen-bond donors (Lipinski definition) is 2. The zero-order valence-electron chi connectivity index (χ0n) is 14.4. The lowest BCUT2D eigenvalue weighted by atomic mass is 10.0. The minimum absolute atomic E-state index is 0.0195. The van der Waals surface area contributed by atoms with Crippen molar-refractivity contribution in [1.82, 2.24) is 4.90 Å². The van der Waals surface area contributed by atoms with Gasteiger partial charge in [-0.3, -0.25) is 9.59 Å². The number of likely N-dealkylation sites (tertiary alicyclic amines) is 1. The summed E-state index contributed by atoms with van der Waals surface area (Å²) in [7, 11) is 0. The number of aliphatic hydroxyl groups is 2. The molecule has 0 bridgehead atoms. The number of esters is 1. The molecule has 6 nitrogen and oxygen atoms in total. The fourth-order valence-electron chi connectivity index (χ4n) is 2.96. The van der Waals surface area contributed by atoms with Gasteiger partial charge in [0.2, 0.25) is 5.91 Å². The van der Waals surface area contributed by atoms with Crippen molar-refractivity contribution in [2.24, 2.45) is 0 Å². The van der Waals surface area contributed by atoms with Crippen LogP contribution >= 0.6 is 11.8 Å². The predicted octanol–water partition coefficient (Wildman–Crippen LogP) is 1.54. The minimum atomic E-state index is -1.38. The molecule has 1 fully saturated rings. The van der Waals surface area contributed by atoms with Gasteiger partial charge in [0.05, 0.1) is 24.9 Å². The van der Waals surface area contributed by atoms with E-state index in [0.29, 0.717) is 12.4 Å². The molecule has 0 radical (unpaired) electrons. The van der Waals surface area contributed by atoms with E-state index < -0.39 is 11.0 Å². The molecule has 1 aromatic carbocycles. The molecule has 1 aliphatic heterocycles. The first-order valence-corrected chi connectivity index (χ1v) is 9.51. The van der Waals surface area contributed by atoms with Gasteiger partial charge in [-0.25, -0.2) is 0 Å². The number of rotatable bonds is 9. The molecule has 1 amide bonds. The van der Waals surface area contributed by atoms with Crippen LogP contribution < -0.4 is 0 Å². The number of hydrogen-bond acceptors (Lipinski definition) is 6. The van der Waals surface area contributed by atoms with Gasteiger partial charge in [0, 0.05) is 25.1 Å². The van der Waals surface area contributed by atoms with E-state index in [1.54, 1.807) is 6.92 Å². The average molecular weight is 367 g/mol. The van der Waals surface area contributed by atoms with E-state index in [-0.39, 0.29) is 44.3 Å². The maximum atomic E-state index is 12.7. The quantitative estimate of drug-likeness (QED) is 0.644. The fraction of sp³-hybridized carbons (Fsp3) is 0.556. The van der Waals surface area contributed by atoms with Gasteiger partial charge in [0.1, 0.15) is 5.72 Å². The van der Waals surface area contributed by atoms with Gasteiger partial charge in [-0.15, -0.1) is 11.8 Å². The van der Waals surface area contributed by atoms with Crippen LogP contribution in [-0.4, -0.2) is 56.9 Å². The van der Waals surface area contributed by atoms with Gasteiger partial charge in [0.25, 0.3) is 0 Å². The van der Waals surface area contributed by atoms with Crippen molar-refractivity contribution in [3.8, 4) is 0 Å². The molecule has 0 aliphatic carbocycles. The summed E-state index contributed by atoms with van der Waals surface area (Å²) in [6.45, 7) is 2.29. The van der Waals surface area contributed by atoms with Crippen molar-refractivity contribution < 1.29 is 24.5 Å². The van der Waals surface area contributed by atoms with Crippen molar-refractivity contribution in [2.75, 3.05) is 19.0 Å². The Morgan fingerprint density at radius 3 is 2.76 bits per heavy atom. The van der Waals surface area contributed by atoms with E-state index in [4.69, 9.17) is 9.84 Å². The summed E-state index contributed by atoms with van der Waals surface area (Å²) >= 11 is 1.34. The van der Waals surface area contributed by atoms with Crippen LogP contribution in [0.3, 0.4) is 0 Å². The van der Waals surface area contributed by atoms with Crippen LogP contribution in [0.25, 0.3) is 0 Å². The second kappa shape index (κ2) is 9.22. The molecule has 1 heterocycles. The number of aliphatic hydroxyl groups excluding tert-OH is 1. The summed E-state index contributed by atoms with van der Waals surface area (Å²) in [6.07, 6.45) is 0.434. The molecule has 1 aliphatic rings. The average Bonchev–Trinajstić information content (AvgIpc) is 2.84. The van der Waals surface area contributed by atoms with Crippen molar-refractivity contribution in [3.05, 3.63) is 35.9 Å². The summed E-state index contributed by atoms with van der Waals surface area (Å²) in [5.74, 6) is -0.105. The summed E-state index contributed by atoms with van der Waals surface area (Å²) in [5.41, 5.74) is -0.467. The lowest BCUT2D eigenvalue weighted by molar-refractivity contribution is -0.155. The van der Waals surface area contributed by atoms with Crippen LogP contribution in [0.2, 0.25) is 0 Å². The molecule has 0 saturated carbocycles. The Balaban J connectivity index is 2.13. The number of carbonyl (C=O) groups is 2. The third-order valence-electron chi connectivity index (χ3n) is 4.18. The minimum Gasteiger partial charge on any atom is -0.466 e. The lowest BCUT2D eigenvalue weighted by Crippen LogP contribution is -2.45. The Bertz CT molecular complexity index is 582. The Morgan fingerprint density at radius 2 is 2.12 bits per heavy atom. The summed E-state index contributed by atoms with van der Waals surface area (Å²) in [4.78, 5) is 25.9. The van der Waals surface area contributed by atoms with Crippen LogP contribution in [0.5, 0.6) is 0 Å². The molecular formula is C18H25NO5S. The van der Waals surface area contributed by atoms with Crippen LogP contribution in [0.15, 0.2) is 30.3 Å². The Hall–Kier alpha value is -1.57. The standard InChI is InChI=1S/C18H25NO5S/c1-2-24-16(21)8-9-18(23)12-15(25-11-10-20)17(22)19(18)13-14-6-4-3-5-7-14/h3-7,15,20,23H,2,8-13H2,1H3. The molecule has 7 heteroatoms. The Labute approximate surface area is 152 Å². The highest BCUT2D eigenvalue weighted by Gasteiger charge is 2.49. The molecule has 138 valence electrons. The molecule has 0 spiro atoms. The summed E-state index contributed by atoms with van der Waals surface area (Å²) in [6, 6.07) is 9.44. The Morgan fingerprint density at radius 1 is 1.40 bits per heavy atom. The van der Waals surface area contributed by atoms with Crippen molar-refractivity contribution in [1.29, 1.82) is 0 Å². The smallest absolute Gasteiger partial charge is 0.305 e. The first-order valence-electron chi connectivity index (χ1n) is 8.46. The van der Waals surface area contributed by atoms with E-state index in [1.165, 1.54) is 16.7 Å². The van der Waals surface area contributed by atoms with Crippen molar-refractivity contribution in [2.45, 2.75) is 43.7 Å². The van der Waals surface area contributed by atoms with E-state index in [9.17, 15) is 14.7 Å². The number of amides is 1. The summed E-state index contributed by atoms with van der Waals surface area (Å²) in [5, 5.41) is 19.7.